The molecule has 2 amide bonds. The highest BCUT2D eigenvalue weighted by Crippen LogP contribution is 2.24. The van der Waals surface area contributed by atoms with Gasteiger partial charge in [-0.05, 0) is 24.5 Å². The van der Waals surface area contributed by atoms with Gasteiger partial charge in [-0.3, -0.25) is 14.4 Å². The first-order chi connectivity index (χ1) is 13.2. The number of amides is 2. The molecule has 0 saturated carbocycles. The number of likely N-dealkylation sites (tertiary alicyclic amines) is 1. The number of nitrogens with zero attached hydrogens (tertiary/aromatic N) is 2. The summed E-state index contributed by atoms with van der Waals surface area (Å²) in [6, 6.07) is 9.26. The number of esters is 1. The molecule has 1 aromatic carbocycles. The van der Waals surface area contributed by atoms with Gasteiger partial charge < -0.3 is 15.0 Å². The van der Waals surface area contributed by atoms with Gasteiger partial charge in [0.25, 0.3) is 5.91 Å². The number of halogens is 1. The van der Waals surface area contributed by atoms with E-state index < -0.39 is 29.9 Å². The van der Waals surface area contributed by atoms with Crippen molar-refractivity contribution in [2.75, 3.05) is 13.2 Å². The van der Waals surface area contributed by atoms with Gasteiger partial charge in [-0.2, -0.15) is 5.26 Å². The molecule has 2 atom stereocenters. The van der Waals surface area contributed by atoms with Gasteiger partial charge in [0.1, 0.15) is 5.54 Å². The Morgan fingerprint density at radius 2 is 2.11 bits per heavy atom. The number of hydrogen-bond acceptors (Lipinski definition) is 5. The summed E-state index contributed by atoms with van der Waals surface area (Å²) in [6.07, 6.45) is 0.0345. The molecule has 2 rings (SSSR count). The van der Waals surface area contributed by atoms with Crippen molar-refractivity contribution in [2.24, 2.45) is 11.8 Å². The van der Waals surface area contributed by atoms with Crippen molar-refractivity contribution in [3.05, 3.63) is 34.9 Å². The quantitative estimate of drug-likeness (QED) is 0.701. The summed E-state index contributed by atoms with van der Waals surface area (Å²) < 4.78 is 5.06. The molecule has 0 spiro atoms. The van der Waals surface area contributed by atoms with Gasteiger partial charge in [-0.25, -0.2) is 0 Å². The first-order valence-electron chi connectivity index (χ1n) is 9.06. The van der Waals surface area contributed by atoms with E-state index in [1.54, 1.807) is 24.0 Å². The van der Waals surface area contributed by atoms with Gasteiger partial charge >= 0.3 is 5.97 Å². The molecule has 8 heteroatoms. The van der Waals surface area contributed by atoms with E-state index >= 15 is 0 Å². The standard InChI is InChI=1S/C20H24ClN3O4/c1-13(2)20(3,12-22)23-17(25)11-28-19(27)15-8-18(26)24(10-15)9-14-6-4-5-7-16(14)21/h4-7,13,15H,8-11H2,1-3H3,(H,23,25). The second-order valence-corrected chi connectivity index (χ2v) is 7.80. The number of carbonyl (C=O) groups excluding carboxylic acids is 3. The van der Waals surface area contributed by atoms with Crippen LogP contribution in [0, 0.1) is 23.2 Å². The lowest BCUT2D eigenvalue weighted by Crippen LogP contribution is -2.50. The van der Waals surface area contributed by atoms with Crippen molar-refractivity contribution in [2.45, 2.75) is 39.3 Å². The maximum Gasteiger partial charge on any atom is 0.311 e. The van der Waals surface area contributed by atoms with Crippen molar-refractivity contribution in [3.63, 3.8) is 0 Å². The fourth-order valence-corrected chi connectivity index (χ4v) is 2.99. The summed E-state index contributed by atoms with van der Waals surface area (Å²) in [6.45, 7) is 5.28. The summed E-state index contributed by atoms with van der Waals surface area (Å²) in [7, 11) is 0. The van der Waals surface area contributed by atoms with E-state index in [9.17, 15) is 19.6 Å². The average molecular weight is 406 g/mol. The summed E-state index contributed by atoms with van der Waals surface area (Å²) in [5.41, 5.74) is -0.242. The second-order valence-electron chi connectivity index (χ2n) is 7.39. The molecule has 1 aromatic rings. The molecule has 1 heterocycles. The van der Waals surface area contributed by atoms with Crippen LogP contribution in [0.15, 0.2) is 24.3 Å². The van der Waals surface area contributed by atoms with Crippen LogP contribution in [0.1, 0.15) is 32.8 Å². The Balaban J connectivity index is 1.87. The van der Waals surface area contributed by atoms with Crippen molar-refractivity contribution >= 4 is 29.4 Å². The lowest BCUT2D eigenvalue weighted by atomic mass is 9.90. The minimum absolute atomic E-state index is 0.0345. The number of hydrogen-bond donors (Lipinski definition) is 1. The van der Waals surface area contributed by atoms with Gasteiger partial charge in [0, 0.05) is 24.5 Å². The van der Waals surface area contributed by atoms with E-state index in [1.807, 2.05) is 26.0 Å². The normalized spacial score (nSPS) is 18.5. The fraction of sp³-hybridized carbons (Fsp3) is 0.500. The Kier molecular flexibility index (Phi) is 7.03. The van der Waals surface area contributed by atoms with Crippen LogP contribution in [0.5, 0.6) is 0 Å². The smallest absolute Gasteiger partial charge is 0.311 e. The predicted molar refractivity (Wildman–Crippen MR) is 103 cm³/mol. The van der Waals surface area contributed by atoms with Crippen molar-refractivity contribution < 1.29 is 19.1 Å². The molecule has 150 valence electrons. The van der Waals surface area contributed by atoms with E-state index in [4.69, 9.17) is 16.3 Å². The van der Waals surface area contributed by atoms with Crippen LogP contribution in [0.3, 0.4) is 0 Å². The maximum atomic E-state index is 12.3. The number of benzene rings is 1. The molecule has 2 unspecified atom stereocenters. The zero-order valence-electron chi connectivity index (χ0n) is 16.2. The van der Waals surface area contributed by atoms with Crippen LogP contribution in [0.25, 0.3) is 0 Å². The maximum absolute atomic E-state index is 12.3. The van der Waals surface area contributed by atoms with Gasteiger partial charge in [-0.1, -0.05) is 43.6 Å². The Morgan fingerprint density at radius 1 is 1.43 bits per heavy atom. The zero-order chi connectivity index (χ0) is 20.9. The van der Waals surface area contributed by atoms with Crippen molar-refractivity contribution in [3.8, 4) is 6.07 Å². The van der Waals surface area contributed by atoms with E-state index in [2.05, 4.69) is 11.4 Å². The SMILES string of the molecule is CC(C)C(C)(C#N)NC(=O)COC(=O)C1CC(=O)N(Cc2ccccc2Cl)C1. The van der Waals surface area contributed by atoms with Gasteiger partial charge in [0.2, 0.25) is 5.91 Å². The van der Waals surface area contributed by atoms with E-state index in [1.165, 1.54) is 0 Å². The summed E-state index contributed by atoms with van der Waals surface area (Å²) >= 11 is 6.12. The summed E-state index contributed by atoms with van der Waals surface area (Å²) in [4.78, 5) is 38.0. The molecule has 1 aliphatic rings. The van der Waals surface area contributed by atoms with Crippen LogP contribution >= 0.6 is 11.6 Å². The number of nitrogens with one attached hydrogen (secondary N) is 1. The Bertz CT molecular complexity index is 805. The molecule has 1 N–H and O–H groups in total. The Labute approximate surface area is 169 Å². The van der Waals surface area contributed by atoms with Crippen LogP contribution in [-0.2, 0) is 25.7 Å². The van der Waals surface area contributed by atoms with Gasteiger partial charge in [0.05, 0.1) is 12.0 Å². The van der Waals surface area contributed by atoms with E-state index in [0.717, 1.165) is 5.56 Å². The molecular formula is C20H24ClN3O4. The largest absolute Gasteiger partial charge is 0.455 e. The highest BCUT2D eigenvalue weighted by atomic mass is 35.5. The minimum Gasteiger partial charge on any atom is -0.455 e. The fourth-order valence-electron chi connectivity index (χ4n) is 2.80. The molecule has 1 aliphatic heterocycles. The third-order valence-electron chi connectivity index (χ3n) is 5.00. The summed E-state index contributed by atoms with van der Waals surface area (Å²) in [5, 5.41) is 12.4. The van der Waals surface area contributed by atoms with Crippen LogP contribution in [-0.4, -0.2) is 41.4 Å². The van der Waals surface area contributed by atoms with Gasteiger partial charge in [0.15, 0.2) is 6.61 Å². The molecule has 0 aliphatic carbocycles. The Morgan fingerprint density at radius 3 is 2.71 bits per heavy atom. The van der Waals surface area contributed by atoms with Crippen LogP contribution in [0.4, 0.5) is 0 Å². The lowest BCUT2D eigenvalue weighted by molar-refractivity contribution is -0.152. The number of nitriles is 1. The number of ether oxygens (including phenoxy) is 1. The minimum atomic E-state index is -1.04. The van der Waals surface area contributed by atoms with Gasteiger partial charge in [-0.15, -0.1) is 0 Å². The van der Waals surface area contributed by atoms with Crippen molar-refractivity contribution in [1.82, 2.24) is 10.2 Å². The molecule has 0 radical (unpaired) electrons. The third-order valence-corrected chi connectivity index (χ3v) is 5.37. The number of rotatable bonds is 7. The van der Waals surface area contributed by atoms with E-state index in [-0.39, 0.29) is 24.8 Å². The zero-order valence-corrected chi connectivity index (χ0v) is 17.0. The average Bonchev–Trinajstić information content (AvgIpc) is 3.02. The second kappa shape index (κ2) is 9.07. The molecule has 0 aromatic heterocycles. The topological polar surface area (TPSA) is 99.5 Å². The molecule has 28 heavy (non-hydrogen) atoms. The first kappa shape index (κ1) is 21.7. The molecule has 1 fully saturated rings. The monoisotopic (exact) mass is 405 g/mol. The molecule has 1 saturated heterocycles. The third kappa shape index (κ3) is 5.23. The van der Waals surface area contributed by atoms with Crippen LogP contribution in [0.2, 0.25) is 5.02 Å². The summed E-state index contributed by atoms with van der Waals surface area (Å²) in [5.74, 6) is -2.06. The lowest BCUT2D eigenvalue weighted by Gasteiger charge is -2.27. The first-order valence-corrected chi connectivity index (χ1v) is 9.44. The number of carbonyl (C=O) groups is 3. The molecule has 0 bridgehead atoms. The molecule has 7 nitrogen and oxygen atoms in total. The predicted octanol–water partition coefficient (Wildman–Crippen LogP) is 2.29. The Hall–Kier alpha value is -2.59. The van der Waals surface area contributed by atoms with Crippen LogP contribution < -0.4 is 5.32 Å². The van der Waals surface area contributed by atoms with Crippen molar-refractivity contribution in [1.29, 1.82) is 5.26 Å². The molecular weight excluding hydrogens is 382 g/mol. The highest BCUT2D eigenvalue weighted by molar-refractivity contribution is 6.31. The highest BCUT2D eigenvalue weighted by Gasteiger charge is 2.36. The van der Waals surface area contributed by atoms with E-state index in [0.29, 0.717) is 11.6 Å².